The molecular weight excluding hydrogens is 268 g/mol. The highest BCUT2D eigenvalue weighted by atomic mass is 16.3. The molecule has 1 nitrogen and oxygen atoms in total. The minimum Gasteiger partial charge on any atom is -0.391 e. The van der Waals surface area contributed by atoms with E-state index in [4.69, 9.17) is 0 Å². The average molecular weight is 294 g/mol. The first-order valence-corrected chi connectivity index (χ1v) is 8.26. The first-order valence-electron chi connectivity index (χ1n) is 8.26. The predicted octanol–water partition coefficient (Wildman–Crippen LogP) is 4.79. The van der Waals surface area contributed by atoms with Gasteiger partial charge in [0.2, 0.25) is 0 Å². The van der Waals surface area contributed by atoms with Gasteiger partial charge in [-0.1, -0.05) is 81.4 Å². The van der Waals surface area contributed by atoms with Crippen molar-refractivity contribution in [3.63, 3.8) is 0 Å². The van der Waals surface area contributed by atoms with Crippen molar-refractivity contribution in [1.29, 1.82) is 0 Å². The van der Waals surface area contributed by atoms with Crippen molar-refractivity contribution in [2.75, 3.05) is 0 Å². The number of aliphatic hydroxyl groups is 1. The fraction of sp³-hybridized carbons (Fsp3) is 0.429. The SMILES string of the molecule is CC1CC(C)(C)C(O)C(c2ccccc2)(c2ccccc2)C1. The monoisotopic (exact) mass is 294 g/mol. The summed E-state index contributed by atoms with van der Waals surface area (Å²) in [6.45, 7) is 6.72. The maximum Gasteiger partial charge on any atom is 0.0728 e. The zero-order chi connectivity index (χ0) is 15.8. The topological polar surface area (TPSA) is 20.2 Å². The van der Waals surface area contributed by atoms with Crippen LogP contribution in [0.15, 0.2) is 60.7 Å². The van der Waals surface area contributed by atoms with Crippen LogP contribution in [0, 0.1) is 11.3 Å². The van der Waals surface area contributed by atoms with E-state index in [1.54, 1.807) is 0 Å². The predicted molar refractivity (Wildman–Crippen MR) is 91.8 cm³/mol. The maximum atomic E-state index is 11.4. The van der Waals surface area contributed by atoms with Gasteiger partial charge in [-0.3, -0.25) is 0 Å². The van der Waals surface area contributed by atoms with Gasteiger partial charge >= 0.3 is 0 Å². The van der Waals surface area contributed by atoms with Crippen molar-refractivity contribution >= 4 is 0 Å². The molecule has 1 aliphatic carbocycles. The summed E-state index contributed by atoms with van der Waals surface area (Å²) in [5, 5.41) is 11.4. The van der Waals surface area contributed by atoms with Crippen LogP contribution in [0.5, 0.6) is 0 Å². The van der Waals surface area contributed by atoms with E-state index >= 15 is 0 Å². The van der Waals surface area contributed by atoms with Gasteiger partial charge in [0.05, 0.1) is 6.10 Å². The van der Waals surface area contributed by atoms with Gasteiger partial charge in [0.25, 0.3) is 0 Å². The van der Waals surface area contributed by atoms with Crippen molar-refractivity contribution in [2.45, 2.75) is 45.1 Å². The molecular formula is C21H26O. The molecule has 0 amide bonds. The van der Waals surface area contributed by atoms with Crippen LogP contribution in [0.2, 0.25) is 0 Å². The summed E-state index contributed by atoms with van der Waals surface area (Å²) >= 11 is 0. The maximum absolute atomic E-state index is 11.4. The Morgan fingerprint density at radius 3 is 1.73 bits per heavy atom. The summed E-state index contributed by atoms with van der Waals surface area (Å²) in [5.41, 5.74) is 2.05. The van der Waals surface area contributed by atoms with Gasteiger partial charge in [0.1, 0.15) is 0 Å². The van der Waals surface area contributed by atoms with E-state index in [2.05, 4.69) is 69.3 Å². The van der Waals surface area contributed by atoms with E-state index in [1.165, 1.54) is 11.1 Å². The Kier molecular flexibility index (Phi) is 3.86. The van der Waals surface area contributed by atoms with Gasteiger partial charge in [0, 0.05) is 5.41 Å². The molecule has 22 heavy (non-hydrogen) atoms. The Bertz CT molecular complexity index is 575. The molecule has 1 aliphatic rings. The minimum absolute atomic E-state index is 0.0939. The van der Waals surface area contributed by atoms with E-state index in [0.29, 0.717) is 5.92 Å². The van der Waals surface area contributed by atoms with Crippen molar-refractivity contribution < 1.29 is 5.11 Å². The lowest BCUT2D eigenvalue weighted by molar-refractivity contribution is -0.0540. The van der Waals surface area contributed by atoms with Crippen LogP contribution in [-0.2, 0) is 5.41 Å². The largest absolute Gasteiger partial charge is 0.391 e. The van der Waals surface area contributed by atoms with E-state index < -0.39 is 0 Å². The Morgan fingerprint density at radius 2 is 1.27 bits per heavy atom. The standard InChI is InChI=1S/C21H26O/c1-16-14-20(2,3)19(22)21(15-16,17-10-6-4-7-11-17)18-12-8-5-9-13-18/h4-13,16,19,22H,14-15H2,1-3H3. The molecule has 1 N–H and O–H groups in total. The molecule has 1 saturated carbocycles. The summed E-state index contributed by atoms with van der Waals surface area (Å²) in [4.78, 5) is 0. The number of rotatable bonds is 2. The van der Waals surface area contributed by atoms with Gasteiger partial charge in [-0.2, -0.15) is 0 Å². The molecule has 0 bridgehead atoms. The molecule has 0 aliphatic heterocycles. The quantitative estimate of drug-likeness (QED) is 0.844. The zero-order valence-electron chi connectivity index (χ0n) is 13.8. The fourth-order valence-electron chi connectivity index (χ4n) is 4.60. The molecule has 2 atom stereocenters. The van der Waals surface area contributed by atoms with Gasteiger partial charge < -0.3 is 5.11 Å². The molecule has 3 rings (SSSR count). The third kappa shape index (κ3) is 2.38. The Morgan fingerprint density at radius 1 is 0.818 bits per heavy atom. The second kappa shape index (κ2) is 5.55. The highest BCUT2D eigenvalue weighted by Crippen LogP contribution is 2.53. The summed E-state index contributed by atoms with van der Waals surface area (Å²) in [5.74, 6) is 0.582. The van der Waals surface area contributed by atoms with Crippen LogP contribution in [0.3, 0.4) is 0 Å². The Labute approximate surface area is 134 Å². The summed E-state index contributed by atoms with van der Waals surface area (Å²) in [7, 11) is 0. The van der Waals surface area contributed by atoms with Gasteiger partial charge in [-0.25, -0.2) is 0 Å². The van der Waals surface area contributed by atoms with Crippen LogP contribution in [0.1, 0.15) is 44.7 Å². The van der Waals surface area contributed by atoms with Crippen LogP contribution in [0.25, 0.3) is 0 Å². The van der Waals surface area contributed by atoms with Crippen LogP contribution < -0.4 is 0 Å². The smallest absolute Gasteiger partial charge is 0.0728 e. The molecule has 2 aromatic rings. The highest BCUT2D eigenvalue weighted by molar-refractivity contribution is 5.42. The number of aliphatic hydroxyl groups excluding tert-OH is 1. The molecule has 1 heteroatoms. The third-order valence-electron chi connectivity index (χ3n) is 5.33. The average Bonchev–Trinajstić information content (AvgIpc) is 2.52. The minimum atomic E-state index is -0.388. The summed E-state index contributed by atoms with van der Waals surface area (Å²) in [6.07, 6.45) is 1.67. The van der Waals surface area contributed by atoms with E-state index in [-0.39, 0.29) is 16.9 Å². The Hall–Kier alpha value is -1.60. The van der Waals surface area contributed by atoms with Crippen LogP contribution in [0.4, 0.5) is 0 Å². The van der Waals surface area contributed by atoms with Crippen molar-refractivity contribution in [3.05, 3.63) is 71.8 Å². The van der Waals surface area contributed by atoms with Crippen molar-refractivity contribution in [2.24, 2.45) is 11.3 Å². The zero-order valence-corrected chi connectivity index (χ0v) is 13.8. The van der Waals surface area contributed by atoms with Crippen LogP contribution in [-0.4, -0.2) is 11.2 Å². The van der Waals surface area contributed by atoms with Crippen LogP contribution >= 0.6 is 0 Å². The lowest BCUT2D eigenvalue weighted by atomic mass is 9.53. The fourth-order valence-corrected chi connectivity index (χ4v) is 4.60. The first kappa shape index (κ1) is 15.3. The molecule has 2 aromatic carbocycles. The van der Waals surface area contributed by atoms with E-state index in [1.807, 2.05) is 12.1 Å². The van der Waals surface area contributed by atoms with Gasteiger partial charge in [-0.15, -0.1) is 0 Å². The molecule has 0 radical (unpaired) electrons. The third-order valence-corrected chi connectivity index (χ3v) is 5.33. The molecule has 0 aromatic heterocycles. The summed E-state index contributed by atoms with van der Waals surface area (Å²) in [6, 6.07) is 21.1. The second-order valence-electron chi connectivity index (χ2n) is 7.61. The van der Waals surface area contributed by atoms with Crippen molar-refractivity contribution in [3.8, 4) is 0 Å². The second-order valence-corrected chi connectivity index (χ2v) is 7.61. The van der Waals surface area contributed by atoms with Gasteiger partial charge in [-0.05, 0) is 35.3 Å². The molecule has 116 valence electrons. The number of hydrogen-bond acceptors (Lipinski definition) is 1. The molecule has 2 unspecified atom stereocenters. The molecule has 0 spiro atoms. The van der Waals surface area contributed by atoms with E-state index in [0.717, 1.165) is 12.8 Å². The number of benzene rings is 2. The molecule has 0 saturated heterocycles. The summed E-state index contributed by atoms with van der Waals surface area (Å²) < 4.78 is 0. The molecule has 0 heterocycles. The number of hydrogen-bond donors (Lipinski definition) is 1. The highest BCUT2D eigenvalue weighted by Gasteiger charge is 2.52. The first-order chi connectivity index (χ1) is 10.5. The van der Waals surface area contributed by atoms with Gasteiger partial charge in [0.15, 0.2) is 0 Å². The Balaban J connectivity index is 2.24. The lowest BCUT2D eigenvalue weighted by Crippen LogP contribution is -2.54. The van der Waals surface area contributed by atoms with E-state index in [9.17, 15) is 5.11 Å². The van der Waals surface area contributed by atoms with Crippen molar-refractivity contribution in [1.82, 2.24) is 0 Å². The molecule has 1 fully saturated rings. The normalized spacial score (nSPS) is 26.5. The lowest BCUT2D eigenvalue weighted by Gasteiger charge is -2.52.